The van der Waals surface area contributed by atoms with E-state index < -0.39 is 0 Å². The summed E-state index contributed by atoms with van der Waals surface area (Å²) in [6, 6.07) is 44.5. The molecule has 0 radical (unpaired) electrons. The fourth-order valence-electron chi connectivity index (χ4n) is 5.22. The lowest BCUT2D eigenvalue weighted by Gasteiger charge is -2.13. The van der Waals surface area contributed by atoms with Gasteiger partial charge in [0.1, 0.15) is 5.82 Å². The highest BCUT2D eigenvalue weighted by Crippen LogP contribution is 2.38. The second-order valence-corrected chi connectivity index (χ2v) is 9.29. The van der Waals surface area contributed by atoms with Crippen molar-refractivity contribution in [2.75, 3.05) is 5.32 Å². The maximum absolute atomic E-state index is 12.9. The molecule has 4 nitrogen and oxygen atoms in total. The van der Waals surface area contributed by atoms with Gasteiger partial charge in [0.05, 0.1) is 11.0 Å². The molecule has 4 heteroatoms. The van der Waals surface area contributed by atoms with Crippen molar-refractivity contribution in [3.63, 3.8) is 0 Å². The minimum atomic E-state index is -0.141. The first-order valence-corrected chi connectivity index (χ1v) is 12.6. The van der Waals surface area contributed by atoms with Crippen LogP contribution in [0.15, 0.2) is 133 Å². The molecule has 6 aromatic carbocycles. The molecule has 0 atom stereocenters. The van der Waals surface area contributed by atoms with E-state index in [9.17, 15) is 4.79 Å². The maximum Gasteiger partial charge on any atom is 0.255 e. The predicted octanol–water partition coefficient (Wildman–Crippen LogP) is 8.25. The van der Waals surface area contributed by atoms with E-state index in [-0.39, 0.29) is 5.91 Å². The topological polar surface area (TPSA) is 46.9 Å². The Hall–Kier alpha value is -5.22. The average Bonchev–Trinajstić information content (AvgIpc) is 3.40. The molecule has 7 aromatic rings. The standard InChI is InChI=1S/C34H23N3O/c38-34(35-25-13-5-2-6-14-25)24-19-21-26(22-20-24)37-32-30-18-10-8-16-28(30)27-15-7-9-17-29(27)31(32)36-33(37)23-11-3-1-4-12-23/h1-22H,(H,35,38). The number of carbonyl (C=O) groups is 1. The van der Waals surface area contributed by atoms with Gasteiger partial charge < -0.3 is 5.32 Å². The number of fused-ring (bicyclic) bond motifs is 6. The lowest BCUT2D eigenvalue weighted by molar-refractivity contribution is 0.102. The molecule has 1 N–H and O–H groups in total. The Morgan fingerprint density at radius 1 is 0.579 bits per heavy atom. The Balaban J connectivity index is 1.46. The van der Waals surface area contributed by atoms with Crippen LogP contribution >= 0.6 is 0 Å². The summed E-state index contributed by atoms with van der Waals surface area (Å²) < 4.78 is 2.22. The number of rotatable bonds is 4. The molecule has 0 fully saturated rings. The van der Waals surface area contributed by atoms with Crippen LogP contribution < -0.4 is 5.32 Å². The molecule has 0 saturated heterocycles. The number of benzene rings is 6. The highest BCUT2D eigenvalue weighted by atomic mass is 16.1. The number of hydrogen-bond donors (Lipinski definition) is 1. The summed E-state index contributed by atoms with van der Waals surface area (Å²) in [5, 5.41) is 7.61. The second-order valence-electron chi connectivity index (χ2n) is 9.29. The first-order chi connectivity index (χ1) is 18.8. The van der Waals surface area contributed by atoms with Gasteiger partial charge in [-0.05, 0) is 47.2 Å². The zero-order chi connectivity index (χ0) is 25.5. The predicted molar refractivity (Wildman–Crippen MR) is 156 cm³/mol. The third-order valence-corrected chi connectivity index (χ3v) is 6.98. The average molecular weight is 490 g/mol. The summed E-state index contributed by atoms with van der Waals surface area (Å²) in [4.78, 5) is 18.1. The zero-order valence-corrected chi connectivity index (χ0v) is 20.5. The molecule has 1 heterocycles. The van der Waals surface area contributed by atoms with Crippen molar-refractivity contribution < 1.29 is 4.79 Å². The normalized spacial score (nSPS) is 11.3. The van der Waals surface area contributed by atoms with Crippen LogP contribution in [0.4, 0.5) is 5.69 Å². The van der Waals surface area contributed by atoms with Gasteiger partial charge in [0.25, 0.3) is 5.91 Å². The summed E-state index contributed by atoms with van der Waals surface area (Å²) in [6.07, 6.45) is 0. The molecule has 1 aromatic heterocycles. The monoisotopic (exact) mass is 489 g/mol. The van der Waals surface area contributed by atoms with Gasteiger partial charge in [-0.1, -0.05) is 97.1 Å². The minimum Gasteiger partial charge on any atom is -0.322 e. The highest BCUT2D eigenvalue weighted by Gasteiger charge is 2.20. The van der Waals surface area contributed by atoms with Gasteiger partial charge >= 0.3 is 0 Å². The number of anilines is 1. The van der Waals surface area contributed by atoms with Crippen molar-refractivity contribution in [2.45, 2.75) is 0 Å². The van der Waals surface area contributed by atoms with Crippen molar-refractivity contribution in [2.24, 2.45) is 0 Å². The van der Waals surface area contributed by atoms with Gasteiger partial charge in [-0.25, -0.2) is 4.98 Å². The SMILES string of the molecule is O=C(Nc1ccccc1)c1ccc(-n2c(-c3ccccc3)nc3c4ccccc4c4ccccc4c32)cc1. The number of nitrogens with one attached hydrogen (secondary N) is 1. The molecule has 0 saturated carbocycles. The first-order valence-electron chi connectivity index (χ1n) is 12.6. The van der Waals surface area contributed by atoms with Crippen LogP contribution in [0, 0.1) is 0 Å². The summed E-state index contributed by atoms with van der Waals surface area (Å²) in [5.74, 6) is 0.724. The van der Waals surface area contributed by atoms with Gasteiger partial charge in [-0.2, -0.15) is 0 Å². The lowest BCUT2D eigenvalue weighted by atomic mass is 10.00. The van der Waals surface area contributed by atoms with Gasteiger partial charge in [0.2, 0.25) is 0 Å². The molecule has 0 spiro atoms. The molecule has 7 rings (SSSR count). The van der Waals surface area contributed by atoms with Crippen LogP contribution in [0.5, 0.6) is 0 Å². The lowest BCUT2D eigenvalue weighted by Crippen LogP contribution is -2.11. The number of amides is 1. The largest absolute Gasteiger partial charge is 0.322 e. The smallest absolute Gasteiger partial charge is 0.255 e. The summed E-state index contributed by atoms with van der Waals surface area (Å²) in [7, 11) is 0. The second kappa shape index (κ2) is 9.02. The van der Waals surface area contributed by atoms with Crippen LogP contribution in [0.3, 0.4) is 0 Å². The van der Waals surface area contributed by atoms with Crippen molar-refractivity contribution in [3.05, 3.63) is 139 Å². The third-order valence-electron chi connectivity index (χ3n) is 6.98. The fourth-order valence-corrected chi connectivity index (χ4v) is 5.22. The molecular formula is C34H23N3O. The van der Waals surface area contributed by atoms with Gasteiger partial charge in [-0.3, -0.25) is 9.36 Å². The van der Waals surface area contributed by atoms with E-state index >= 15 is 0 Å². The van der Waals surface area contributed by atoms with E-state index in [2.05, 4.69) is 70.5 Å². The Morgan fingerprint density at radius 3 is 1.82 bits per heavy atom. The van der Waals surface area contributed by atoms with E-state index in [0.717, 1.165) is 44.6 Å². The van der Waals surface area contributed by atoms with Gasteiger partial charge in [0, 0.05) is 33.3 Å². The third kappa shape index (κ3) is 3.62. The molecule has 0 aliphatic carbocycles. The molecular weight excluding hydrogens is 466 g/mol. The number of aromatic nitrogens is 2. The Labute approximate surface area is 219 Å². The summed E-state index contributed by atoms with van der Waals surface area (Å²) in [5.41, 5.74) is 5.36. The summed E-state index contributed by atoms with van der Waals surface area (Å²) in [6.45, 7) is 0. The van der Waals surface area contributed by atoms with Gasteiger partial charge in [0.15, 0.2) is 0 Å². The molecule has 180 valence electrons. The van der Waals surface area contributed by atoms with E-state index in [1.807, 2.05) is 72.8 Å². The van der Waals surface area contributed by atoms with Crippen LogP contribution in [-0.2, 0) is 0 Å². The molecule has 38 heavy (non-hydrogen) atoms. The molecule has 0 bridgehead atoms. The zero-order valence-electron chi connectivity index (χ0n) is 20.5. The van der Waals surface area contributed by atoms with Crippen molar-refractivity contribution in [1.29, 1.82) is 0 Å². The Kier molecular flexibility index (Phi) is 5.22. The Bertz CT molecular complexity index is 1940. The van der Waals surface area contributed by atoms with E-state index in [1.165, 1.54) is 10.8 Å². The molecule has 0 aliphatic heterocycles. The van der Waals surface area contributed by atoms with Gasteiger partial charge in [-0.15, -0.1) is 0 Å². The maximum atomic E-state index is 12.9. The summed E-state index contributed by atoms with van der Waals surface area (Å²) >= 11 is 0. The number of hydrogen-bond acceptors (Lipinski definition) is 2. The van der Waals surface area contributed by atoms with Crippen LogP contribution in [0.25, 0.3) is 49.7 Å². The van der Waals surface area contributed by atoms with Crippen LogP contribution in [-0.4, -0.2) is 15.5 Å². The molecule has 1 amide bonds. The molecule has 0 aliphatic rings. The van der Waals surface area contributed by atoms with Crippen LogP contribution in [0.1, 0.15) is 10.4 Å². The Morgan fingerprint density at radius 2 is 1.13 bits per heavy atom. The van der Waals surface area contributed by atoms with Crippen LogP contribution in [0.2, 0.25) is 0 Å². The fraction of sp³-hybridized carbons (Fsp3) is 0. The number of para-hydroxylation sites is 1. The van der Waals surface area contributed by atoms with E-state index in [4.69, 9.17) is 4.98 Å². The van der Waals surface area contributed by atoms with E-state index in [1.54, 1.807) is 0 Å². The van der Waals surface area contributed by atoms with Crippen molar-refractivity contribution in [1.82, 2.24) is 9.55 Å². The van der Waals surface area contributed by atoms with E-state index in [0.29, 0.717) is 5.56 Å². The quantitative estimate of drug-likeness (QED) is 0.253. The number of nitrogens with zero attached hydrogens (tertiary/aromatic N) is 2. The van der Waals surface area contributed by atoms with Crippen molar-refractivity contribution in [3.8, 4) is 17.1 Å². The number of imidazole rings is 1. The minimum absolute atomic E-state index is 0.141. The first kappa shape index (κ1) is 22.0. The molecule has 0 unspecified atom stereocenters. The van der Waals surface area contributed by atoms with Crippen molar-refractivity contribution >= 4 is 44.2 Å². The highest BCUT2D eigenvalue weighted by molar-refractivity contribution is 6.24. The number of carbonyl (C=O) groups excluding carboxylic acids is 1.